The Morgan fingerprint density at radius 2 is 2.32 bits per heavy atom. The molecule has 22 heavy (non-hydrogen) atoms. The van der Waals surface area contributed by atoms with Gasteiger partial charge in [0, 0.05) is 31.9 Å². The molecule has 2 heterocycles. The van der Waals surface area contributed by atoms with Gasteiger partial charge in [0.25, 0.3) is 0 Å². The number of carbonyl (C=O) groups excluding carboxylic acids is 1. The molecule has 0 saturated carbocycles. The molecule has 1 amide bonds. The second kappa shape index (κ2) is 7.29. The van der Waals surface area contributed by atoms with E-state index >= 15 is 0 Å². The molecule has 7 heteroatoms. The van der Waals surface area contributed by atoms with Crippen LogP contribution in [0.5, 0.6) is 0 Å². The van der Waals surface area contributed by atoms with Crippen LogP contribution >= 0.6 is 0 Å². The standard InChI is InChI=1S/C15H25N5O2/c1-15(2,3)22-14(21)20-10-9-19-13(11-20)16-6-4-5-12-17-7-8-18-12/h7-8H,4-6,9-11H2,1-3H3,(H,16,19)(H,17,18). The third-order valence-electron chi connectivity index (χ3n) is 3.14. The van der Waals surface area contributed by atoms with Crippen LogP contribution in [0.4, 0.5) is 4.79 Å². The van der Waals surface area contributed by atoms with E-state index in [1.807, 2.05) is 27.0 Å². The molecule has 0 radical (unpaired) electrons. The van der Waals surface area contributed by atoms with Crippen LogP contribution in [0.1, 0.15) is 33.0 Å². The van der Waals surface area contributed by atoms with Crippen LogP contribution < -0.4 is 5.32 Å². The lowest BCUT2D eigenvalue weighted by molar-refractivity contribution is 0.0276. The van der Waals surface area contributed by atoms with Gasteiger partial charge in [0.15, 0.2) is 0 Å². The number of aryl methyl sites for hydroxylation is 1. The van der Waals surface area contributed by atoms with E-state index in [2.05, 4.69) is 20.3 Å². The van der Waals surface area contributed by atoms with E-state index in [9.17, 15) is 4.79 Å². The lowest BCUT2D eigenvalue weighted by Crippen LogP contribution is -2.47. The number of H-pyrrole nitrogens is 1. The van der Waals surface area contributed by atoms with E-state index in [0.29, 0.717) is 19.6 Å². The first-order valence-electron chi connectivity index (χ1n) is 7.67. The molecule has 0 atom stereocenters. The number of rotatable bonds is 4. The van der Waals surface area contributed by atoms with E-state index < -0.39 is 5.60 Å². The smallest absolute Gasteiger partial charge is 0.410 e. The first-order valence-corrected chi connectivity index (χ1v) is 7.67. The van der Waals surface area contributed by atoms with Crippen molar-refractivity contribution in [1.29, 1.82) is 0 Å². The Balaban J connectivity index is 1.71. The maximum Gasteiger partial charge on any atom is 0.410 e. The quantitative estimate of drug-likeness (QED) is 0.827. The van der Waals surface area contributed by atoms with Crippen molar-refractivity contribution in [3.63, 3.8) is 0 Å². The molecule has 122 valence electrons. The number of hydrogen-bond donors (Lipinski definition) is 2. The minimum absolute atomic E-state index is 0.280. The van der Waals surface area contributed by atoms with Gasteiger partial charge in [0.2, 0.25) is 0 Å². The van der Waals surface area contributed by atoms with Gasteiger partial charge < -0.3 is 15.0 Å². The van der Waals surface area contributed by atoms with E-state index in [1.54, 1.807) is 11.1 Å². The molecule has 1 aliphatic rings. The van der Waals surface area contributed by atoms with Gasteiger partial charge in [-0.1, -0.05) is 0 Å². The van der Waals surface area contributed by atoms with Crippen molar-refractivity contribution < 1.29 is 9.53 Å². The number of aromatic amines is 1. The van der Waals surface area contributed by atoms with Crippen molar-refractivity contribution in [2.24, 2.45) is 4.99 Å². The fourth-order valence-electron chi connectivity index (χ4n) is 2.13. The second-order valence-corrected chi connectivity index (χ2v) is 6.30. The van der Waals surface area contributed by atoms with E-state index in [4.69, 9.17) is 4.74 Å². The van der Waals surface area contributed by atoms with Crippen LogP contribution in [-0.2, 0) is 11.2 Å². The van der Waals surface area contributed by atoms with Gasteiger partial charge in [0.1, 0.15) is 17.3 Å². The molecule has 0 fully saturated rings. The summed E-state index contributed by atoms with van der Waals surface area (Å²) < 4.78 is 5.39. The zero-order valence-electron chi connectivity index (χ0n) is 13.6. The van der Waals surface area contributed by atoms with Crippen LogP contribution in [-0.4, -0.2) is 58.6 Å². The van der Waals surface area contributed by atoms with Gasteiger partial charge >= 0.3 is 6.09 Å². The Labute approximate surface area is 131 Å². The number of amides is 1. The molecule has 1 aromatic heterocycles. The molecule has 0 saturated heterocycles. The number of carbonyl (C=O) groups is 1. The van der Waals surface area contributed by atoms with Gasteiger partial charge in [-0.2, -0.15) is 0 Å². The highest BCUT2D eigenvalue weighted by Gasteiger charge is 2.24. The lowest BCUT2D eigenvalue weighted by atomic mass is 10.2. The maximum absolute atomic E-state index is 12.1. The SMILES string of the molecule is CC(C)(C)OC(=O)N1CCN=C(NCCCc2ncc[nH]2)C1. The maximum atomic E-state index is 12.1. The normalized spacial score (nSPS) is 15.4. The fraction of sp³-hybridized carbons (Fsp3) is 0.667. The monoisotopic (exact) mass is 307 g/mol. The molecule has 1 aromatic rings. The Morgan fingerprint density at radius 1 is 1.50 bits per heavy atom. The van der Waals surface area contributed by atoms with Crippen molar-refractivity contribution in [2.45, 2.75) is 39.2 Å². The highest BCUT2D eigenvalue weighted by Crippen LogP contribution is 2.11. The number of nitrogens with one attached hydrogen (secondary N) is 2. The van der Waals surface area contributed by atoms with Crippen LogP contribution in [0.25, 0.3) is 0 Å². The summed E-state index contributed by atoms with van der Waals surface area (Å²) in [7, 11) is 0. The molecular weight excluding hydrogens is 282 g/mol. The van der Waals surface area contributed by atoms with E-state index in [1.165, 1.54) is 0 Å². The Kier molecular flexibility index (Phi) is 5.41. The fourth-order valence-corrected chi connectivity index (χ4v) is 2.13. The number of aromatic nitrogens is 2. The van der Waals surface area contributed by atoms with Crippen molar-refractivity contribution in [2.75, 3.05) is 26.2 Å². The summed E-state index contributed by atoms with van der Waals surface area (Å²) in [5, 5.41) is 3.29. The molecule has 0 aliphatic carbocycles. The summed E-state index contributed by atoms with van der Waals surface area (Å²) in [4.78, 5) is 25.4. The summed E-state index contributed by atoms with van der Waals surface area (Å²) in [5.41, 5.74) is -0.470. The summed E-state index contributed by atoms with van der Waals surface area (Å²) in [6, 6.07) is 0. The largest absolute Gasteiger partial charge is 0.444 e. The van der Waals surface area contributed by atoms with Gasteiger partial charge in [-0.3, -0.25) is 9.89 Å². The van der Waals surface area contributed by atoms with Crippen LogP contribution in [0, 0.1) is 0 Å². The minimum atomic E-state index is -0.470. The van der Waals surface area contributed by atoms with Crippen molar-refractivity contribution in [1.82, 2.24) is 20.2 Å². The Bertz CT molecular complexity index is 505. The number of ether oxygens (including phenoxy) is 1. The molecule has 2 rings (SSSR count). The van der Waals surface area contributed by atoms with E-state index in [0.717, 1.165) is 31.0 Å². The average Bonchev–Trinajstić information content (AvgIpc) is 2.95. The van der Waals surface area contributed by atoms with Gasteiger partial charge in [-0.15, -0.1) is 0 Å². The zero-order chi connectivity index (χ0) is 16.0. The topological polar surface area (TPSA) is 82.6 Å². The van der Waals surface area contributed by atoms with Crippen LogP contribution in [0.15, 0.2) is 17.4 Å². The number of hydrogen-bond acceptors (Lipinski definition) is 5. The number of imidazole rings is 1. The molecule has 0 unspecified atom stereocenters. The van der Waals surface area contributed by atoms with Gasteiger partial charge in [0.05, 0.1) is 13.1 Å². The van der Waals surface area contributed by atoms with Crippen LogP contribution in [0.2, 0.25) is 0 Å². The molecule has 0 bridgehead atoms. The predicted molar refractivity (Wildman–Crippen MR) is 85.0 cm³/mol. The van der Waals surface area contributed by atoms with Crippen molar-refractivity contribution in [3.05, 3.63) is 18.2 Å². The van der Waals surface area contributed by atoms with Gasteiger partial charge in [-0.25, -0.2) is 9.78 Å². The third kappa shape index (κ3) is 5.38. The highest BCUT2D eigenvalue weighted by molar-refractivity contribution is 5.87. The van der Waals surface area contributed by atoms with Crippen molar-refractivity contribution in [3.8, 4) is 0 Å². The molecule has 0 spiro atoms. The van der Waals surface area contributed by atoms with Crippen LogP contribution in [0.3, 0.4) is 0 Å². The number of amidine groups is 1. The molecule has 0 aromatic carbocycles. The summed E-state index contributed by atoms with van der Waals surface area (Å²) in [5.74, 6) is 1.83. The first-order chi connectivity index (χ1) is 10.4. The first kappa shape index (κ1) is 16.3. The highest BCUT2D eigenvalue weighted by atomic mass is 16.6. The average molecular weight is 307 g/mol. The molecule has 7 nitrogen and oxygen atoms in total. The molecule has 1 aliphatic heterocycles. The lowest BCUT2D eigenvalue weighted by Gasteiger charge is -2.29. The number of aliphatic imine (C=N–C) groups is 1. The second-order valence-electron chi connectivity index (χ2n) is 6.30. The van der Waals surface area contributed by atoms with Crippen molar-refractivity contribution >= 4 is 11.9 Å². The van der Waals surface area contributed by atoms with Gasteiger partial charge in [-0.05, 0) is 27.2 Å². The van der Waals surface area contributed by atoms with E-state index in [-0.39, 0.29) is 6.09 Å². The molecule has 2 N–H and O–H groups in total. The Hall–Kier alpha value is -2.05. The predicted octanol–water partition coefficient (Wildman–Crippen LogP) is 1.58. The zero-order valence-corrected chi connectivity index (χ0v) is 13.6. The third-order valence-corrected chi connectivity index (χ3v) is 3.14. The molecular formula is C15H25N5O2. The Morgan fingerprint density at radius 3 is 3.00 bits per heavy atom. The summed E-state index contributed by atoms with van der Waals surface area (Å²) >= 11 is 0. The summed E-state index contributed by atoms with van der Waals surface area (Å²) in [6.07, 6.45) is 5.15. The minimum Gasteiger partial charge on any atom is -0.444 e. The number of nitrogens with zero attached hydrogens (tertiary/aromatic N) is 3. The summed E-state index contributed by atoms with van der Waals surface area (Å²) in [6.45, 7) is 8.12.